The summed E-state index contributed by atoms with van der Waals surface area (Å²) in [6.07, 6.45) is -0.938. The largest absolute Gasteiger partial charge is 0.392 e. The van der Waals surface area contributed by atoms with Gasteiger partial charge in [-0.1, -0.05) is 23.2 Å². The van der Waals surface area contributed by atoms with Crippen LogP contribution in [0.15, 0.2) is 18.2 Å². The monoisotopic (exact) mass is 332 g/mol. The first-order valence-electron chi connectivity index (χ1n) is 7.21. The molecule has 0 radical (unpaired) electrons. The molecule has 4 nitrogen and oxygen atoms in total. The van der Waals surface area contributed by atoms with Crippen molar-refractivity contribution in [1.82, 2.24) is 9.80 Å². The summed E-state index contributed by atoms with van der Waals surface area (Å²) >= 11 is 12.1. The van der Waals surface area contributed by atoms with Crippen LogP contribution in [0, 0.1) is 0 Å². The molecular formula is C15H22Cl2N2O2. The van der Waals surface area contributed by atoms with Crippen LogP contribution in [0.5, 0.6) is 0 Å². The first kappa shape index (κ1) is 17.0. The summed E-state index contributed by atoms with van der Waals surface area (Å²) in [5.41, 5.74) is 0.676. The van der Waals surface area contributed by atoms with Gasteiger partial charge in [-0.3, -0.25) is 9.80 Å². The van der Waals surface area contributed by atoms with Crippen LogP contribution in [0.3, 0.4) is 0 Å². The zero-order valence-corrected chi connectivity index (χ0v) is 13.7. The van der Waals surface area contributed by atoms with Gasteiger partial charge in [-0.2, -0.15) is 0 Å². The van der Waals surface area contributed by atoms with Crippen LogP contribution in [-0.4, -0.2) is 65.4 Å². The summed E-state index contributed by atoms with van der Waals surface area (Å²) in [5, 5.41) is 20.9. The Labute approximate surface area is 135 Å². The van der Waals surface area contributed by atoms with Gasteiger partial charge < -0.3 is 10.2 Å². The lowest BCUT2D eigenvalue weighted by molar-refractivity contribution is 0.0527. The number of aliphatic hydroxyl groups is 2. The molecule has 118 valence electrons. The van der Waals surface area contributed by atoms with Gasteiger partial charge in [0.05, 0.1) is 12.2 Å². The Hall–Kier alpha value is -0.360. The Bertz CT molecular complexity index is 463. The molecule has 1 aliphatic heterocycles. The average molecular weight is 333 g/mol. The maximum Gasteiger partial charge on any atom is 0.0931 e. The second-order valence-electron chi connectivity index (χ2n) is 5.63. The first-order valence-corrected chi connectivity index (χ1v) is 7.97. The number of β-amino-alcohol motifs (C(OH)–C–C–N with tert-alkyl or cyclic N) is 2. The van der Waals surface area contributed by atoms with Crippen molar-refractivity contribution in [2.45, 2.75) is 19.1 Å². The van der Waals surface area contributed by atoms with Crippen molar-refractivity contribution in [2.24, 2.45) is 0 Å². The van der Waals surface area contributed by atoms with Gasteiger partial charge in [0.2, 0.25) is 0 Å². The number of aliphatic hydroxyl groups excluding tert-OH is 2. The molecule has 0 bridgehead atoms. The number of halogens is 2. The number of hydrogen-bond donors (Lipinski definition) is 2. The van der Waals surface area contributed by atoms with Crippen molar-refractivity contribution in [3.8, 4) is 0 Å². The lowest BCUT2D eigenvalue weighted by atomic mass is 10.1. The topological polar surface area (TPSA) is 46.9 Å². The Morgan fingerprint density at radius 1 is 1.05 bits per heavy atom. The molecule has 0 spiro atoms. The fourth-order valence-electron chi connectivity index (χ4n) is 2.64. The molecule has 0 saturated carbocycles. The number of benzene rings is 1. The van der Waals surface area contributed by atoms with Crippen LogP contribution in [0.4, 0.5) is 0 Å². The normalized spacial score (nSPS) is 20.4. The molecule has 1 heterocycles. The van der Waals surface area contributed by atoms with E-state index in [2.05, 4.69) is 9.80 Å². The van der Waals surface area contributed by atoms with E-state index >= 15 is 0 Å². The number of nitrogens with zero attached hydrogens (tertiary/aromatic N) is 2. The first-order chi connectivity index (χ1) is 9.95. The summed E-state index contributed by atoms with van der Waals surface area (Å²) in [6, 6.07) is 5.15. The summed E-state index contributed by atoms with van der Waals surface area (Å²) < 4.78 is 0. The molecule has 0 aromatic heterocycles. The van der Waals surface area contributed by atoms with E-state index in [1.165, 1.54) is 0 Å². The molecular weight excluding hydrogens is 311 g/mol. The van der Waals surface area contributed by atoms with E-state index in [0.29, 0.717) is 28.7 Å². The highest BCUT2D eigenvalue weighted by atomic mass is 35.5. The standard InChI is InChI=1S/C15H22Cl2N2O2/c1-11(20)9-18-4-6-19(7-5-18)10-15(21)13-8-12(16)2-3-14(13)17/h2-3,8,11,15,20-21H,4-7,9-10H2,1H3/t11-,15-/m0/s1. The molecule has 1 aliphatic rings. The van der Waals surface area contributed by atoms with Gasteiger partial charge in [0.25, 0.3) is 0 Å². The second kappa shape index (κ2) is 7.77. The van der Waals surface area contributed by atoms with Crippen molar-refractivity contribution in [2.75, 3.05) is 39.3 Å². The molecule has 0 amide bonds. The van der Waals surface area contributed by atoms with Crippen molar-refractivity contribution in [3.05, 3.63) is 33.8 Å². The SMILES string of the molecule is C[C@H](O)CN1CCN(C[C@H](O)c2cc(Cl)ccc2Cl)CC1. The second-order valence-corrected chi connectivity index (χ2v) is 6.48. The van der Waals surface area contributed by atoms with Crippen LogP contribution in [0.2, 0.25) is 10.0 Å². The zero-order valence-electron chi connectivity index (χ0n) is 12.2. The van der Waals surface area contributed by atoms with E-state index in [1.54, 1.807) is 25.1 Å². The van der Waals surface area contributed by atoms with Crippen LogP contribution >= 0.6 is 23.2 Å². The highest BCUT2D eigenvalue weighted by molar-refractivity contribution is 6.33. The molecule has 0 unspecified atom stereocenters. The van der Waals surface area contributed by atoms with Crippen molar-refractivity contribution in [3.63, 3.8) is 0 Å². The van der Waals surface area contributed by atoms with Crippen LogP contribution in [-0.2, 0) is 0 Å². The third-order valence-corrected chi connectivity index (χ3v) is 4.31. The molecule has 1 saturated heterocycles. The van der Waals surface area contributed by atoms with E-state index in [9.17, 15) is 10.2 Å². The van der Waals surface area contributed by atoms with Crippen LogP contribution < -0.4 is 0 Å². The van der Waals surface area contributed by atoms with E-state index < -0.39 is 6.10 Å². The summed E-state index contributed by atoms with van der Waals surface area (Å²) in [7, 11) is 0. The van der Waals surface area contributed by atoms with Crippen molar-refractivity contribution in [1.29, 1.82) is 0 Å². The Balaban J connectivity index is 1.87. The maximum absolute atomic E-state index is 10.4. The van der Waals surface area contributed by atoms with Gasteiger partial charge in [-0.05, 0) is 25.1 Å². The summed E-state index contributed by atoms with van der Waals surface area (Å²) in [4.78, 5) is 4.44. The minimum Gasteiger partial charge on any atom is -0.392 e. The van der Waals surface area contributed by atoms with Gasteiger partial charge >= 0.3 is 0 Å². The number of rotatable bonds is 5. The Morgan fingerprint density at radius 2 is 1.62 bits per heavy atom. The van der Waals surface area contributed by atoms with Gasteiger partial charge in [0.15, 0.2) is 0 Å². The molecule has 0 aliphatic carbocycles. The minimum absolute atomic E-state index is 0.299. The van der Waals surface area contributed by atoms with E-state index in [4.69, 9.17) is 23.2 Å². The molecule has 2 N–H and O–H groups in total. The average Bonchev–Trinajstić information content (AvgIpc) is 2.43. The minimum atomic E-state index is -0.639. The van der Waals surface area contributed by atoms with Crippen molar-refractivity contribution >= 4 is 23.2 Å². The number of piperazine rings is 1. The molecule has 21 heavy (non-hydrogen) atoms. The lowest BCUT2D eigenvalue weighted by Crippen LogP contribution is -2.49. The molecule has 1 fully saturated rings. The quantitative estimate of drug-likeness (QED) is 0.866. The predicted octanol–water partition coefficient (Wildman–Crippen LogP) is 2.03. The van der Waals surface area contributed by atoms with E-state index in [1.807, 2.05) is 0 Å². The third-order valence-electron chi connectivity index (χ3n) is 3.74. The molecule has 2 rings (SSSR count). The Morgan fingerprint density at radius 3 is 2.19 bits per heavy atom. The predicted molar refractivity (Wildman–Crippen MR) is 86.0 cm³/mol. The van der Waals surface area contributed by atoms with Gasteiger partial charge in [-0.15, -0.1) is 0 Å². The lowest BCUT2D eigenvalue weighted by Gasteiger charge is -2.36. The maximum atomic E-state index is 10.4. The molecule has 2 atom stereocenters. The van der Waals surface area contributed by atoms with Gasteiger partial charge in [0.1, 0.15) is 0 Å². The highest BCUT2D eigenvalue weighted by Gasteiger charge is 2.21. The zero-order chi connectivity index (χ0) is 15.4. The molecule has 1 aromatic rings. The molecule has 1 aromatic carbocycles. The smallest absolute Gasteiger partial charge is 0.0931 e. The van der Waals surface area contributed by atoms with Gasteiger partial charge in [-0.25, -0.2) is 0 Å². The number of hydrogen-bond acceptors (Lipinski definition) is 4. The fraction of sp³-hybridized carbons (Fsp3) is 0.600. The highest BCUT2D eigenvalue weighted by Crippen LogP contribution is 2.27. The Kier molecular flexibility index (Phi) is 6.29. The van der Waals surface area contributed by atoms with Crippen LogP contribution in [0.1, 0.15) is 18.6 Å². The summed E-state index contributed by atoms with van der Waals surface area (Å²) in [5.74, 6) is 0. The molecule has 6 heteroatoms. The fourth-order valence-corrected chi connectivity index (χ4v) is 3.07. The van der Waals surface area contributed by atoms with E-state index in [0.717, 1.165) is 26.2 Å². The van der Waals surface area contributed by atoms with Crippen molar-refractivity contribution < 1.29 is 10.2 Å². The van der Waals surface area contributed by atoms with Crippen LogP contribution in [0.25, 0.3) is 0 Å². The summed E-state index contributed by atoms with van der Waals surface area (Å²) in [6.45, 7) is 6.61. The van der Waals surface area contributed by atoms with Gasteiger partial charge in [0, 0.05) is 54.9 Å². The van der Waals surface area contributed by atoms with E-state index in [-0.39, 0.29) is 6.10 Å². The third kappa shape index (κ3) is 5.09.